The number of hydrogen-bond donors (Lipinski definition) is 0. The van der Waals surface area contributed by atoms with Crippen molar-refractivity contribution in [1.82, 2.24) is 0 Å². The van der Waals surface area contributed by atoms with Gasteiger partial charge in [-0.3, -0.25) is 0 Å². The molecule has 2 rings (SSSR count). The van der Waals surface area contributed by atoms with E-state index < -0.39 is 0 Å². The van der Waals surface area contributed by atoms with E-state index in [1.54, 1.807) is 0 Å². The highest BCUT2D eigenvalue weighted by atomic mass is 16.5. The fourth-order valence-corrected chi connectivity index (χ4v) is 1.46. The molecule has 0 amide bonds. The highest BCUT2D eigenvalue weighted by Crippen LogP contribution is 2.31. The molecule has 1 aliphatic heterocycles. The second-order valence-electron chi connectivity index (χ2n) is 2.57. The van der Waals surface area contributed by atoms with Gasteiger partial charge in [-0.2, -0.15) is 0 Å². The lowest BCUT2D eigenvalue weighted by Gasteiger charge is -2.08. The molecule has 0 N–H and O–H groups in total. The van der Waals surface area contributed by atoms with E-state index in [4.69, 9.17) is 4.74 Å². The molecule has 0 unspecified atom stereocenters. The molecule has 0 aromatic carbocycles. The van der Waals surface area contributed by atoms with E-state index in [0.29, 0.717) is 0 Å². The highest BCUT2D eigenvalue weighted by molar-refractivity contribution is 5.20. The second kappa shape index (κ2) is 1.90. The second-order valence-corrected chi connectivity index (χ2v) is 2.57. The fourth-order valence-electron chi connectivity index (χ4n) is 1.46. The van der Waals surface area contributed by atoms with Gasteiger partial charge in [0.1, 0.15) is 5.76 Å². The lowest BCUT2D eigenvalue weighted by Crippen LogP contribution is -1.89. The van der Waals surface area contributed by atoms with Gasteiger partial charge in [-0.1, -0.05) is 0 Å². The van der Waals surface area contributed by atoms with Crippen molar-refractivity contribution < 1.29 is 4.74 Å². The SMILES string of the molecule is C1=COC2=C(C1)CCC2. The predicted octanol–water partition coefficient (Wildman–Crippen LogP) is 2.36. The molecule has 0 aromatic heterocycles. The topological polar surface area (TPSA) is 9.23 Å². The Labute approximate surface area is 55.0 Å². The van der Waals surface area contributed by atoms with Crippen LogP contribution in [-0.2, 0) is 4.74 Å². The van der Waals surface area contributed by atoms with Crippen molar-refractivity contribution in [3.05, 3.63) is 23.7 Å². The minimum absolute atomic E-state index is 1.13. The third-order valence-corrected chi connectivity index (χ3v) is 1.95. The highest BCUT2D eigenvalue weighted by Gasteiger charge is 2.15. The number of allylic oxidation sites excluding steroid dienone is 3. The smallest absolute Gasteiger partial charge is 0.103 e. The summed E-state index contributed by atoms with van der Waals surface area (Å²) in [6, 6.07) is 0. The van der Waals surface area contributed by atoms with Gasteiger partial charge in [0.05, 0.1) is 6.26 Å². The molecule has 0 fully saturated rings. The molecular weight excluding hydrogens is 112 g/mol. The van der Waals surface area contributed by atoms with Crippen molar-refractivity contribution in [1.29, 1.82) is 0 Å². The first-order chi connectivity index (χ1) is 4.47. The maximum atomic E-state index is 5.30. The Morgan fingerprint density at radius 1 is 1.33 bits per heavy atom. The average molecular weight is 122 g/mol. The van der Waals surface area contributed by atoms with Gasteiger partial charge in [0.25, 0.3) is 0 Å². The first-order valence-corrected chi connectivity index (χ1v) is 3.49. The third-order valence-electron chi connectivity index (χ3n) is 1.95. The molecule has 0 bridgehead atoms. The molecule has 9 heavy (non-hydrogen) atoms. The van der Waals surface area contributed by atoms with E-state index in [-0.39, 0.29) is 0 Å². The summed E-state index contributed by atoms with van der Waals surface area (Å²) in [6.45, 7) is 0. The van der Waals surface area contributed by atoms with E-state index in [9.17, 15) is 0 Å². The van der Waals surface area contributed by atoms with Crippen molar-refractivity contribution in [2.75, 3.05) is 0 Å². The quantitative estimate of drug-likeness (QED) is 0.479. The van der Waals surface area contributed by atoms with Crippen LogP contribution in [0.15, 0.2) is 23.7 Å². The van der Waals surface area contributed by atoms with Crippen LogP contribution < -0.4 is 0 Å². The zero-order chi connectivity index (χ0) is 6.10. The molecule has 1 heteroatoms. The van der Waals surface area contributed by atoms with Gasteiger partial charge in [0.15, 0.2) is 0 Å². The van der Waals surface area contributed by atoms with E-state index in [2.05, 4.69) is 6.08 Å². The summed E-state index contributed by atoms with van der Waals surface area (Å²) in [5.41, 5.74) is 1.53. The minimum atomic E-state index is 1.13. The summed E-state index contributed by atoms with van der Waals surface area (Å²) in [4.78, 5) is 0. The molecular formula is C8H10O. The van der Waals surface area contributed by atoms with Crippen LogP contribution in [0, 0.1) is 0 Å². The lowest BCUT2D eigenvalue weighted by molar-refractivity contribution is 0.328. The molecule has 48 valence electrons. The van der Waals surface area contributed by atoms with Crippen molar-refractivity contribution in [3.8, 4) is 0 Å². The molecule has 0 saturated carbocycles. The Kier molecular flexibility index (Phi) is 1.08. The van der Waals surface area contributed by atoms with Crippen molar-refractivity contribution in [2.45, 2.75) is 25.7 Å². The first kappa shape index (κ1) is 5.10. The fraction of sp³-hybridized carbons (Fsp3) is 0.500. The van der Waals surface area contributed by atoms with Crippen LogP contribution >= 0.6 is 0 Å². The summed E-state index contributed by atoms with van der Waals surface area (Å²) in [5.74, 6) is 1.25. The summed E-state index contributed by atoms with van der Waals surface area (Å²) < 4.78 is 5.30. The van der Waals surface area contributed by atoms with Gasteiger partial charge < -0.3 is 4.74 Å². The van der Waals surface area contributed by atoms with Crippen molar-refractivity contribution in [3.63, 3.8) is 0 Å². The number of ether oxygens (including phenoxy) is 1. The molecule has 0 saturated heterocycles. The van der Waals surface area contributed by atoms with Crippen LogP contribution in [0.1, 0.15) is 25.7 Å². The molecule has 1 aliphatic carbocycles. The Morgan fingerprint density at radius 3 is 3.22 bits per heavy atom. The third kappa shape index (κ3) is 0.766. The minimum Gasteiger partial charge on any atom is -0.470 e. The molecule has 0 spiro atoms. The number of rotatable bonds is 0. The molecule has 2 aliphatic rings. The van der Waals surface area contributed by atoms with E-state index in [1.165, 1.54) is 30.6 Å². The molecule has 0 atom stereocenters. The van der Waals surface area contributed by atoms with Gasteiger partial charge in [0.2, 0.25) is 0 Å². The van der Waals surface area contributed by atoms with Crippen molar-refractivity contribution in [2.24, 2.45) is 0 Å². The Bertz CT molecular complexity index is 159. The lowest BCUT2D eigenvalue weighted by atomic mass is 10.1. The number of hydrogen-bond acceptors (Lipinski definition) is 1. The van der Waals surface area contributed by atoms with Gasteiger partial charge in [-0.05, 0) is 30.9 Å². The average Bonchev–Trinajstić information content (AvgIpc) is 2.33. The largest absolute Gasteiger partial charge is 0.470 e. The molecule has 1 nitrogen and oxygen atoms in total. The normalized spacial score (nSPS) is 24.0. The van der Waals surface area contributed by atoms with Crippen LogP contribution in [0.3, 0.4) is 0 Å². The van der Waals surface area contributed by atoms with Gasteiger partial charge >= 0.3 is 0 Å². The van der Waals surface area contributed by atoms with Crippen LogP contribution in [0.25, 0.3) is 0 Å². The van der Waals surface area contributed by atoms with Gasteiger partial charge in [-0.25, -0.2) is 0 Å². The van der Waals surface area contributed by atoms with Crippen molar-refractivity contribution >= 4 is 0 Å². The maximum absolute atomic E-state index is 5.30. The summed E-state index contributed by atoms with van der Waals surface area (Å²) in [6.07, 6.45) is 8.76. The first-order valence-electron chi connectivity index (χ1n) is 3.49. The Hall–Kier alpha value is -0.720. The van der Waals surface area contributed by atoms with Crippen LogP contribution in [-0.4, -0.2) is 0 Å². The zero-order valence-corrected chi connectivity index (χ0v) is 5.39. The van der Waals surface area contributed by atoms with E-state index in [0.717, 1.165) is 6.42 Å². The predicted molar refractivity (Wildman–Crippen MR) is 35.7 cm³/mol. The standard InChI is InChI=1S/C8H10O/c1-3-7-4-2-6-9-8(7)5-1/h2,6H,1,3-5H2. The molecule has 0 aromatic rings. The monoisotopic (exact) mass is 122 g/mol. The van der Waals surface area contributed by atoms with Gasteiger partial charge in [0, 0.05) is 6.42 Å². The van der Waals surface area contributed by atoms with E-state index >= 15 is 0 Å². The Morgan fingerprint density at radius 2 is 2.33 bits per heavy atom. The van der Waals surface area contributed by atoms with E-state index in [1.807, 2.05) is 6.26 Å². The van der Waals surface area contributed by atoms with Gasteiger partial charge in [-0.15, -0.1) is 0 Å². The molecule has 0 radical (unpaired) electrons. The van der Waals surface area contributed by atoms with Crippen LogP contribution in [0.2, 0.25) is 0 Å². The maximum Gasteiger partial charge on any atom is 0.103 e. The summed E-state index contributed by atoms with van der Waals surface area (Å²) in [7, 11) is 0. The van der Waals surface area contributed by atoms with Crippen LogP contribution in [0.5, 0.6) is 0 Å². The summed E-state index contributed by atoms with van der Waals surface area (Å²) >= 11 is 0. The van der Waals surface area contributed by atoms with Crippen LogP contribution in [0.4, 0.5) is 0 Å². The molecule has 1 heterocycles. The Balaban J connectivity index is 2.21. The summed E-state index contributed by atoms with van der Waals surface area (Å²) in [5, 5.41) is 0. The zero-order valence-electron chi connectivity index (χ0n) is 5.39.